The Morgan fingerprint density at radius 2 is 1.35 bits per heavy atom. The number of allylic oxidation sites excluding steroid dienone is 2. The van der Waals surface area contributed by atoms with Gasteiger partial charge in [0.1, 0.15) is 0 Å². The highest BCUT2D eigenvalue weighted by Crippen LogP contribution is 2.16. The maximum atomic E-state index is 12.8. The quantitative estimate of drug-likeness (QED) is 0.607. The van der Waals surface area contributed by atoms with E-state index in [1.165, 1.54) is 5.56 Å². The normalized spacial score (nSPS) is 11.5. The molecule has 0 aromatic heterocycles. The molecule has 2 heteroatoms. The molecular weight excluding hydrogens is 318 g/mol. The van der Waals surface area contributed by atoms with Crippen molar-refractivity contribution >= 4 is 17.4 Å². The van der Waals surface area contributed by atoms with E-state index in [9.17, 15) is 4.79 Å². The Kier molecular flexibility index (Phi) is 6.16. The summed E-state index contributed by atoms with van der Waals surface area (Å²) < 4.78 is 0. The second-order valence-electron chi connectivity index (χ2n) is 5.90. The molecule has 0 saturated heterocycles. The van der Waals surface area contributed by atoms with E-state index in [1.807, 2.05) is 84.9 Å². The molecule has 128 valence electrons. The zero-order chi connectivity index (χ0) is 18.0. The van der Waals surface area contributed by atoms with Crippen molar-refractivity contribution < 1.29 is 4.79 Å². The number of hydrogen-bond donors (Lipinski definition) is 1. The van der Waals surface area contributed by atoms with Crippen molar-refractivity contribution in [2.24, 2.45) is 0 Å². The van der Waals surface area contributed by atoms with Crippen molar-refractivity contribution in [3.63, 3.8) is 0 Å². The first-order valence-corrected chi connectivity index (χ1v) is 8.63. The lowest BCUT2D eigenvalue weighted by Crippen LogP contribution is -2.09. The fraction of sp³-hybridized carbons (Fsp3) is 0.0417. The van der Waals surface area contributed by atoms with Crippen LogP contribution in [0, 0.1) is 0 Å². The van der Waals surface area contributed by atoms with Crippen molar-refractivity contribution in [2.75, 3.05) is 0 Å². The number of ketones is 1. The van der Waals surface area contributed by atoms with Crippen LogP contribution in [0.25, 0.3) is 11.6 Å². The Hall–Kier alpha value is -3.39. The van der Waals surface area contributed by atoms with Gasteiger partial charge in [-0.2, -0.15) is 0 Å². The third-order valence-electron chi connectivity index (χ3n) is 3.97. The average Bonchev–Trinajstić information content (AvgIpc) is 2.72. The van der Waals surface area contributed by atoms with Crippen LogP contribution in [0.4, 0.5) is 0 Å². The Labute approximate surface area is 154 Å². The summed E-state index contributed by atoms with van der Waals surface area (Å²) in [6.07, 6.45) is 5.27. The molecule has 0 saturated carbocycles. The maximum absolute atomic E-state index is 12.8. The lowest BCUT2D eigenvalue weighted by Gasteiger charge is -2.07. The SMILES string of the molecule is O=C(/C=C/c1ccccc1)/C(=C\NCc1ccccc1)c1ccccc1. The van der Waals surface area contributed by atoms with Gasteiger partial charge in [-0.3, -0.25) is 4.79 Å². The lowest BCUT2D eigenvalue weighted by molar-refractivity contribution is -0.109. The molecule has 0 spiro atoms. The van der Waals surface area contributed by atoms with Crippen LogP contribution in [0.1, 0.15) is 16.7 Å². The lowest BCUT2D eigenvalue weighted by atomic mass is 10.0. The first kappa shape index (κ1) is 17.4. The molecule has 0 aliphatic rings. The molecule has 0 radical (unpaired) electrons. The van der Waals surface area contributed by atoms with Gasteiger partial charge in [-0.05, 0) is 22.8 Å². The van der Waals surface area contributed by atoms with Gasteiger partial charge < -0.3 is 5.32 Å². The van der Waals surface area contributed by atoms with Crippen LogP contribution in [-0.4, -0.2) is 5.78 Å². The standard InChI is InChI=1S/C24H21NO/c26-24(17-16-20-10-4-1-5-11-20)23(22-14-8-3-9-15-22)19-25-18-21-12-6-2-7-13-21/h1-17,19,25H,18H2/b17-16+,23-19-. The molecule has 3 rings (SSSR count). The van der Waals surface area contributed by atoms with E-state index in [0.717, 1.165) is 11.1 Å². The van der Waals surface area contributed by atoms with Gasteiger partial charge in [0.2, 0.25) is 0 Å². The number of nitrogens with one attached hydrogen (secondary N) is 1. The number of hydrogen-bond acceptors (Lipinski definition) is 2. The predicted octanol–water partition coefficient (Wildman–Crippen LogP) is 5.10. The number of carbonyl (C=O) groups is 1. The van der Waals surface area contributed by atoms with Gasteiger partial charge in [0.05, 0.1) is 0 Å². The minimum absolute atomic E-state index is 0.0272. The van der Waals surface area contributed by atoms with Crippen LogP contribution in [-0.2, 0) is 11.3 Å². The smallest absolute Gasteiger partial charge is 0.187 e. The van der Waals surface area contributed by atoms with Crippen LogP contribution >= 0.6 is 0 Å². The summed E-state index contributed by atoms with van der Waals surface area (Å²) in [4.78, 5) is 12.8. The van der Waals surface area contributed by atoms with Crippen molar-refractivity contribution in [3.8, 4) is 0 Å². The van der Waals surface area contributed by atoms with Crippen LogP contribution in [0.5, 0.6) is 0 Å². The first-order valence-electron chi connectivity index (χ1n) is 8.63. The monoisotopic (exact) mass is 339 g/mol. The highest BCUT2D eigenvalue weighted by Gasteiger charge is 2.08. The summed E-state index contributed by atoms with van der Waals surface area (Å²) in [6, 6.07) is 29.7. The highest BCUT2D eigenvalue weighted by atomic mass is 16.1. The number of benzene rings is 3. The molecule has 0 aliphatic carbocycles. The second-order valence-corrected chi connectivity index (χ2v) is 5.90. The Balaban J connectivity index is 1.78. The first-order chi connectivity index (χ1) is 12.8. The van der Waals surface area contributed by atoms with Crippen LogP contribution in [0.3, 0.4) is 0 Å². The molecule has 0 aliphatic heterocycles. The summed E-state index contributed by atoms with van der Waals surface area (Å²) in [5.74, 6) is -0.0272. The van der Waals surface area contributed by atoms with Gasteiger partial charge in [0.25, 0.3) is 0 Å². The Morgan fingerprint density at radius 3 is 2.00 bits per heavy atom. The van der Waals surface area contributed by atoms with E-state index in [2.05, 4.69) is 17.4 Å². The largest absolute Gasteiger partial charge is 0.386 e. The molecular formula is C24H21NO. The van der Waals surface area contributed by atoms with Crippen molar-refractivity contribution in [2.45, 2.75) is 6.54 Å². The molecule has 0 heterocycles. The van der Waals surface area contributed by atoms with Crippen molar-refractivity contribution in [1.82, 2.24) is 5.32 Å². The third kappa shape index (κ3) is 5.05. The summed E-state index contributed by atoms with van der Waals surface area (Å²) in [7, 11) is 0. The van der Waals surface area contributed by atoms with E-state index in [1.54, 1.807) is 12.3 Å². The van der Waals surface area contributed by atoms with E-state index in [4.69, 9.17) is 0 Å². The summed E-state index contributed by atoms with van der Waals surface area (Å²) >= 11 is 0. The molecule has 26 heavy (non-hydrogen) atoms. The second kappa shape index (κ2) is 9.19. The molecule has 0 amide bonds. The molecule has 0 atom stereocenters. The fourth-order valence-electron chi connectivity index (χ4n) is 2.61. The van der Waals surface area contributed by atoms with E-state index < -0.39 is 0 Å². The number of carbonyl (C=O) groups excluding carboxylic acids is 1. The molecule has 2 nitrogen and oxygen atoms in total. The third-order valence-corrected chi connectivity index (χ3v) is 3.97. The van der Waals surface area contributed by atoms with Gasteiger partial charge >= 0.3 is 0 Å². The predicted molar refractivity (Wildman–Crippen MR) is 108 cm³/mol. The van der Waals surface area contributed by atoms with Crippen molar-refractivity contribution in [1.29, 1.82) is 0 Å². The molecule has 1 N–H and O–H groups in total. The van der Waals surface area contributed by atoms with Gasteiger partial charge in [0.15, 0.2) is 5.78 Å². The van der Waals surface area contributed by atoms with E-state index >= 15 is 0 Å². The summed E-state index contributed by atoms with van der Waals surface area (Å²) in [5.41, 5.74) is 3.72. The van der Waals surface area contributed by atoms with Crippen LogP contribution < -0.4 is 5.32 Å². The maximum Gasteiger partial charge on any atom is 0.187 e. The summed E-state index contributed by atoms with van der Waals surface area (Å²) in [5, 5.41) is 3.26. The minimum atomic E-state index is -0.0272. The van der Waals surface area contributed by atoms with Crippen LogP contribution in [0.2, 0.25) is 0 Å². The average molecular weight is 339 g/mol. The molecule has 0 bridgehead atoms. The van der Waals surface area contributed by atoms with E-state index in [0.29, 0.717) is 12.1 Å². The minimum Gasteiger partial charge on any atom is -0.386 e. The molecule has 3 aromatic rings. The van der Waals surface area contributed by atoms with Crippen LogP contribution in [0.15, 0.2) is 103 Å². The molecule has 0 unspecified atom stereocenters. The van der Waals surface area contributed by atoms with E-state index in [-0.39, 0.29) is 5.78 Å². The van der Waals surface area contributed by atoms with Gasteiger partial charge in [0, 0.05) is 18.3 Å². The van der Waals surface area contributed by atoms with Gasteiger partial charge in [-0.15, -0.1) is 0 Å². The highest BCUT2D eigenvalue weighted by molar-refractivity contribution is 6.27. The summed E-state index contributed by atoms with van der Waals surface area (Å²) in [6.45, 7) is 0.673. The number of rotatable bonds is 7. The Morgan fingerprint density at radius 1 is 0.769 bits per heavy atom. The fourth-order valence-corrected chi connectivity index (χ4v) is 2.61. The van der Waals surface area contributed by atoms with Gasteiger partial charge in [-0.25, -0.2) is 0 Å². The molecule has 3 aromatic carbocycles. The zero-order valence-electron chi connectivity index (χ0n) is 14.5. The zero-order valence-corrected chi connectivity index (χ0v) is 14.5. The topological polar surface area (TPSA) is 29.1 Å². The van der Waals surface area contributed by atoms with Gasteiger partial charge in [-0.1, -0.05) is 97.1 Å². The molecule has 0 fully saturated rings. The Bertz CT molecular complexity index is 881. The van der Waals surface area contributed by atoms with Crippen molar-refractivity contribution in [3.05, 3.63) is 120 Å².